The number of nitrogens with zero attached hydrogens (tertiary/aromatic N) is 1. The molecule has 0 spiro atoms. The Morgan fingerprint density at radius 3 is 2.71 bits per heavy atom. The van der Waals surface area contributed by atoms with Gasteiger partial charge >= 0.3 is 0 Å². The van der Waals surface area contributed by atoms with Gasteiger partial charge in [0, 0.05) is 6.04 Å². The number of hydrogen-bond donors (Lipinski definition) is 1. The minimum absolute atomic E-state index is 0.0906. The zero-order valence-electron chi connectivity index (χ0n) is 11.4. The Morgan fingerprint density at radius 2 is 2.12 bits per heavy atom. The second kappa shape index (κ2) is 5.38. The predicted octanol–water partition coefficient (Wildman–Crippen LogP) is 2.37. The molecule has 3 heteroatoms. The molecule has 1 aliphatic carbocycles. The summed E-state index contributed by atoms with van der Waals surface area (Å²) in [6, 6.07) is 0.578. The summed E-state index contributed by atoms with van der Waals surface area (Å²) in [5.74, 6) is 1.84. The summed E-state index contributed by atoms with van der Waals surface area (Å²) in [5.41, 5.74) is 0. The third-order valence-electron chi connectivity index (χ3n) is 4.77. The van der Waals surface area contributed by atoms with Crippen LogP contribution < -0.4 is 5.32 Å². The van der Waals surface area contributed by atoms with Crippen LogP contribution >= 0.6 is 0 Å². The molecule has 4 unspecified atom stereocenters. The van der Waals surface area contributed by atoms with E-state index in [4.69, 9.17) is 0 Å². The fourth-order valence-electron chi connectivity index (χ4n) is 3.61. The highest BCUT2D eigenvalue weighted by atomic mass is 16.2. The summed E-state index contributed by atoms with van der Waals surface area (Å²) in [4.78, 5) is 14.4. The molecule has 1 heterocycles. The fraction of sp³-hybridized carbons (Fsp3) is 0.929. The quantitative estimate of drug-likeness (QED) is 0.815. The standard InChI is InChI=1S/C14H26N2O/c1-4-6-12-14(17)16(9-15-12)13-8-7-11(5-2)10(13)3/h10-13,15H,4-9H2,1-3H3. The van der Waals surface area contributed by atoms with Crippen molar-refractivity contribution in [3.8, 4) is 0 Å². The smallest absolute Gasteiger partial charge is 0.241 e. The molecule has 2 aliphatic rings. The van der Waals surface area contributed by atoms with E-state index in [9.17, 15) is 4.79 Å². The molecule has 4 atom stereocenters. The van der Waals surface area contributed by atoms with Gasteiger partial charge in [0.05, 0.1) is 12.7 Å². The van der Waals surface area contributed by atoms with E-state index in [-0.39, 0.29) is 6.04 Å². The second-order valence-electron chi connectivity index (χ2n) is 5.68. The largest absolute Gasteiger partial charge is 0.325 e. The Kier molecular flexibility index (Phi) is 4.08. The van der Waals surface area contributed by atoms with Gasteiger partial charge in [0.15, 0.2) is 0 Å². The number of hydrogen-bond acceptors (Lipinski definition) is 2. The number of rotatable bonds is 4. The van der Waals surface area contributed by atoms with E-state index in [2.05, 4.69) is 31.0 Å². The van der Waals surface area contributed by atoms with Crippen molar-refractivity contribution in [3.05, 3.63) is 0 Å². The lowest BCUT2D eigenvalue weighted by molar-refractivity contribution is -0.131. The first-order chi connectivity index (χ1) is 8.19. The molecule has 2 fully saturated rings. The maximum Gasteiger partial charge on any atom is 0.241 e. The zero-order chi connectivity index (χ0) is 12.4. The van der Waals surface area contributed by atoms with Crippen molar-refractivity contribution in [2.75, 3.05) is 6.67 Å². The SMILES string of the molecule is CCCC1NCN(C2CCC(CC)C2C)C1=O. The zero-order valence-corrected chi connectivity index (χ0v) is 11.4. The molecule has 1 saturated heterocycles. The Labute approximate surface area is 105 Å². The van der Waals surface area contributed by atoms with Crippen molar-refractivity contribution in [2.45, 2.75) is 65.0 Å². The third-order valence-corrected chi connectivity index (χ3v) is 4.77. The van der Waals surface area contributed by atoms with Crippen molar-refractivity contribution < 1.29 is 4.79 Å². The Balaban J connectivity index is 1.98. The van der Waals surface area contributed by atoms with Crippen LogP contribution in [0.3, 0.4) is 0 Å². The van der Waals surface area contributed by atoms with Crippen LogP contribution in [0.2, 0.25) is 0 Å². The molecule has 0 aromatic carbocycles. The molecular weight excluding hydrogens is 212 g/mol. The van der Waals surface area contributed by atoms with Crippen LogP contribution in [0.25, 0.3) is 0 Å². The summed E-state index contributed by atoms with van der Waals surface area (Å²) < 4.78 is 0. The van der Waals surface area contributed by atoms with Crippen molar-refractivity contribution in [1.29, 1.82) is 0 Å². The van der Waals surface area contributed by atoms with E-state index in [1.807, 2.05) is 0 Å². The first-order valence-electron chi connectivity index (χ1n) is 7.22. The molecule has 0 bridgehead atoms. The molecule has 1 aliphatic heterocycles. The topological polar surface area (TPSA) is 32.3 Å². The molecule has 1 N–H and O–H groups in total. The summed E-state index contributed by atoms with van der Waals surface area (Å²) in [7, 11) is 0. The van der Waals surface area contributed by atoms with E-state index in [1.54, 1.807) is 0 Å². The van der Waals surface area contributed by atoms with Crippen LogP contribution in [0.1, 0.15) is 52.9 Å². The molecule has 1 amide bonds. The maximum atomic E-state index is 12.3. The maximum absolute atomic E-state index is 12.3. The number of amides is 1. The van der Waals surface area contributed by atoms with Crippen LogP contribution in [-0.2, 0) is 4.79 Å². The molecule has 3 nitrogen and oxygen atoms in total. The van der Waals surface area contributed by atoms with Gasteiger partial charge in [-0.2, -0.15) is 0 Å². The van der Waals surface area contributed by atoms with Crippen LogP contribution in [0.4, 0.5) is 0 Å². The van der Waals surface area contributed by atoms with Gasteiger partial charge in [-0.15, -0.1) is 0 Å². The predicted molar refractivity (Wildman–Crippen MR) is 69.5 cm³/mol. The minimum Gasteiger partial charge on any atom is -0.325 e. The van der Waals surface area contributed by atoms with Crippen LogP contribution in [-0.4, -0.2) is 29.6 Å². The van der Waals surface area contributed by atoms with Gasteiger partial charge in [0.25, 0.3) is 0 Å². The van der Waals surface area contributed by atoms with E-state index in [1.165, 1.54) is 19.3 Å². The van der Waals surface area contributed by atoms with E-state index in [0.29, 0.717) is 17.9 Å². The van der Waals surface area contributed by atoms with Gasteiger partial charge in [-0.25, -0.2) is 0 Å². The monoisotopic (exact) mass is 238 g/mol. The number of carbonyl (C=O) groups is 1. The van der Waals surface area contributed by atoms with Crippen LogP contribution in [0, 0.1) is 11.8 Å². The molecule has 98 valence electrons. The average molecular weight is 238 g/mol. The van der Waals surface area contributed by atoms with Crippen molar-refractivity contribution >= 4 is 5.91 Å². The van der Waals surface area contributed by atoms with Crippen molar-refractivity contribution in [2.24, 2.45) is 11.8 Å². The summed E-state index contributed by atoms with van der Waals surface area (Å²) in [5, 5.41) is 3.36. The Bertz CT molecular complexity index is 279. The molecule has 0 aromatic heterocycles. The summed E-state index contributed by atoms with van der Waals surface area (Å²) in [6.45, 7) is 7.51. The van der Waals surface area contributed by atoms with Gasteiger partial charge < -0.3 is 4.90 Å². The minimum atomic E-state index is 0.0906. The molecule has 0 radical (unpaired) electrons. The Morgan fingerprint density at radius 1 is 1.35 bits per heavy atom. The summed E-state index contributed by atoms with van der Waals surface area (Å²) in [6.07, 6.45) is 5.81. The lowest BCUT2D eigenvalue weighted by Crippen LogP contribution is -2.40. The van der Waals surface area contributed by atoms with Gasteiger partial charge in [0.1, 0.15) is 0 Å². The summed E-state index contributed by atoms with van der Waals surface area (Å²) >= 11 is 0. The molecular formula is C14H26N2O. The second-order valence-corrected chi connectivity index (χ2v) is 5.68. The highest BCUT2D eigenvalue weighted by molar-refractivity contribution is 5.84. The number of nitrogens with one attached hydrogen (secondary N) is 1. The van der Waals surface area contributed by atoms with Gasteiger partial charge in [0.2, 0.25) is 5.91 Å². The highest BCUT2D eigenvalue weighted by Crippen LogP contribution is 2.37. The Hall–Kier alpha value is -0.570. The van der Waals surface area contributed by atoms with E-state index in [0.717, 1.165) is 25.4 Å². The van der Waals surface area contributed by atoms with E-state index >= 15 is 0 Å². The van der Waals surface area contributed by atoms with Crippen LogP contribution in [0.15, 0.2) is 0 Å². The highest BCUT2D eigenvalue weighted by Gasteiger charge is 2.41. The van der Waals surface area contributed by atoms with Gasteiger partial charge in [-0.3, -0.25) is 10.1 Å². The molecule has 0 aromatic rings. The fourth-order valence-corrected chi connectivity index (χ4v) is 3.61. The van der Waals surface area contributed by atoms with Gasteiger partial charge in [-0.05, 0) is 31.1 Å². The van der Waals surface area contributed by atoms with Crippen LogP contribution in [0.5, 0.6) is 0 Å². The lowest BCUT2D eigenvalue weighted by Gasteiger charge is -2.29. The lowest BCUT2D eigenvalue weighted by atomic mass is 9.93. The molecule has 2 rings (SSSR count). The van der Waals surface area contributed by atoms with Crippen molar-refractivity contribution in [3.63, 3.8) is 0 Å². The normalized spacial score (nSPS) is 38.1. The first-order valence-corrected chi connectivity index (χ1v) is 7.22. The number of carbonyl (C=O) groups excluding carboxylic acids is 1. The van der Waals surface area contributed by atoms with Crippen molar-refractivity contribution in [1.82, 2.24) is 10.2 Å². The molecule has 17 heavy (non-hydrogen) atoms. The first kappa shape index (κ1) is 12.9. The average Bonchev–Trinajstić information content (AvgIpc) is 2.85. The third kappa shape index (κ3) is 2.35. The van der Waals surface area contributed by atoms with Gasteiger partial charge in [-0.1, -0.05) is 33.6 Å². The molecule has 1 saturated carbocycles. The van der Waals surface area contributed by atoms with E-state index < -0.39 is 0 Å².